The molecule has 0 spiro atoms. The Morgan fingerprint density at radius 1 is 1.39 bits per heavy atom. The van der Waals surface area contributed by atoms with Crippen molar-refractivity contribution in [2.24, 2.45) is 0 Å². The number of hydrogen-bond acceptors (Lipinski definition) is 4. The summed E-state index contributed by atoms with van der Waals surface area (Å²) in [5.74, 6) is -0.481. The van der Waals surface area contributed by atoms with E-state index in [1.807, 2.05) is 24.3 Å². The van der Waals surface area contributed by atoms with E-state index in [0.29, 0.717) is 11.5 Å². The molecule has 0 aliphatic carbocycles. The Morgan fingerprint density at radius 3 is 2.94 bits per heavy atom. The van der Waals surface area contributed by atoms with Crippen molar-refractivity contribution < 1.29 is 23.5 Å². The maximum absolute atomic E-state index is 11.3. The fourth-order valence-electron chi connectivity index (χ4n) is 1.96. The number of pyridine rings is 1. The van der Waals surface area contributed by atoms with Crippen LogP contribution in [0.1, 0.15) is 6.92 Å². The highest BCUT2D eigenvalue weighted by atomic mass is 16.5. The van der Waals surface area contributed by atoms with Crippen LogP contribution in [0, 0.1) is 0 Å². The number of hydrogen-bond donors (Lipinski definition) is 0. The number of benzene rings is 1. The summed E-state index contributed by atoms with van der Waals surface area (Å²) in [4.78, 5) is 11.1. The third kappa shape index (κ3) is 1.57. The zero-order chi connectivity index (χ0) is 12.7. The van der Waals surface area contributed by atoms with Crippen LogP contribution in [-0.4, -0.2) is 5.97 Å². The first-order chi connectivity index (χ1) is 8.65. The Labute approximate surface area is 102 Å². The van der Waals surface area contributed by atoms with Gasteiger partial charge in [-0.05, 0) is 6.07 Å². The van der Waals surface area contributed by atoms with Gasteiger partial charge in [0.2, 0.25) is 5.52 Å². The number of esters is 1. The molecule has 0 saturated carbocycles. The van der Waals surface area contributed by atoms with E-state index in [1.54, 1.807) is 4.40 Å². The third-order valence-electron chi connectivity index (χ3n) is 2.61. The van der Waals surface area contributed by atoms with Crippen LogP contribution >= 0.6 is 0 Å². The van der Waals surface area contributed by atoms with Gasteiger partial charge in [0.1, 0.15) is 5.95 Å². The average molecular weight is 243 g/mol. The average Bonchev–Trinajstić information content (AvgIpc) is 2.69. The van der Waals surface area contributed by atoms with E-state index in [4.69, 9.17) is 9.15 Å². The summed E-state index contributed by atoms with van der Waals surface area (Å²) in [6.07, 6.45) is 1.36. The lowest BCUT2D eigenvalue weighted by molar-refractivity contribution is -0.485. The molecule has 5 heteroatoms. The van der Waals surface area contributed by atoms with Gasteiger partial charge in [-0.2, -0.15) is 4.40 Å². The largest absolute Gasteiger partial charge is 0.540 e. The number of nitrogens with zero attached hydrogens (tertiary/aromatic N) is 1. The summed E-state index contributed by atoms with van der Waals surface area (Å²) in [5.41, 5.74) is 1.09. The van der Waals surface area contributed by atoms with Gasteiger partial charge in [0.25, 0.3) is 5.71 Å². The molecular formula is C13H9NO4. The first-order valence-corrected chi connectivity index (χ1v) is 5.37. The van der Waals surface area contributed by atoms with Gasteiger partial charge in [0.15, 0.2) is 11.9 Å². The lowest BCUT2D eigenvalue weighted by Gasteiger charge is -2.03. The normalized spacial score (nSPS) is 10.9. The van der Waals surface area contributed by atoms with Crippen molar-refractivity contribution in [2.45, 2.75) is 6.92 Å². The standard InChI is InChI=1S/C13H9NO4/c1-8(15)17-11-6-12-14(7-13(16)18-12)10-5-3-2-4-9(10)11/h2-7H,1H3. The van der Waals surface area contributed by atoms with Gasteiger partial charge in [-0.25, -0.2) is 0 Å². The molecule has 0 aliphatic rings. The summed E-state index contributed by atoms with van der Waals surface area (Å²) in [7, 11) is 0. The lowest BCUT2D eigenvalue weighted by atomic mass is 10.2. The fraction of sp³-hybridized carbons (Fsp3) is 0.0769. The minimum atomic E-state index is -0.444. The van der Waals surface area contributed by atoms with Crippen molar-refractivity contribution in [3.05, 3.63) is 36.5 Å². The van der Waals surface area contributed by atoms with Crippen molar-refractivity contribution >= 4 is 22.6 Å². The van der Waals surface area contributed by atoms with E-state index in [9.17, 15) is 9.90 Å². The molecule has 0 N–H and O–H groups in total. The van der Waals surface area contributed by atoms with Crippen LogP contribution < -0.4 is 14.2 Å². The zero-order valence-electron chi connectivity index (χ0n) is 9.54. The van der Waals surface area contributed by atoms with E-state index in [-0.39, 0.29) is 0 Å². The Bertz CT molecular complexity index is 760. The number of para-hydroxylation sites is 1. The minimum absolute atomic E-state index is 0.343. The van der Waals surface area contributed by atoms with Crippen LogP contribution in [-0.2, 0) is 4.79 Å². The van der Waals surface area contributed by atoms with Gasteiger partial charge >= 0.3 is 5.97 Å². The van der Waals surface area contributed by atoms with Gasteiger partial charge in [-0.1, -0.05) is 12.1 Å². The monoisotopic (exact) mass is 243 g/mol. The van der Waals surface area contributed by atoms with Crippen molar-refractivity contribution in [1.82, 2.24) is 0 Å². The van der Waals surface area contributed by atoms with Gasteiger partial charge in [-0.15, -0.1) is 0 Å². The maximum Gasteiger partial charge on any atom is 0.308 e. The zero-order valence-corrected chi connectivity index (χ0v) is 9.54. The van der Waals surface area contributed by atoms with Gasteiger partial charge in [0.05, 0.1) is 11.5 Å². The lowest BCUT2D eigenvalue weighted by Crippen LogP contribution is -2.20. The summed E-state index contributed by atoms with van der Waals surface area (Å²) < 4.78 is 11.8. The topological polar surface area (TPSA) is 66.6 Å². The third-order valence-corrected chi connectivity index (χ3v) is 2.61. The highest BCUT2D eigenvalue weighted by molar-refractivity contribution is 5.86. The summed E-state index contributed by atoms with van der Waals surface area (Å²) in [6.45, 7) is 1.33. The Balaban J connectivity index is 2.41. The van der Waals surface area contributed by atoms with Crippen LogP contribution in [0.15, 0.2) is 40.9 Å². The van der Waals surface area contributed by atoms with Crippen molar-refractivity contribution in [1.29, 1.82) is 0 Å². The fourth-order valence-corrected chi connectivity index (χ4v) is 1.96. The second-order valence-corrected chi connectivity index (χ2v) is 3.88. The van der Waals surface area contributed by atoms with Crippen LogP contribution in [0.3, 0.4) is 0 Å². The molecule has 0 unspecified atom stereocenters. The molecule has 3 aromatic rings. The van der Waals surface area contributed by atoms with Gasteiger partial charge < -0.3 is 14.3 Å². The van der Waals surface area contributed by atoms with Crippen LogP contribution in [0.4, 0.5) is 0 Å². The summed E-state index contributed by atoms with van der Waals surface area (Å²) in [6, 6.07) is 8.84. The summed E-state index contributed by atoms with van der Waals surface area (Å²) >= 11 is 0. The first-order valence-electron chi connectivity index (χ1n) is 5.37. The highest BCUT2D eigenvalue weighted by Crippen LogP contribution is 2.26. The Hall–Kier alpha value is -2.56. The SMILES string of the molecule is CC(=O)Oc1cc2oc([O-])c[n+]2c2ccccc12. The second kappa shape index (κ2) is 3.73. The molecule has 5 nitrogen and oxygen atoms in total. The van der Waals surface area contributed by atoms with E-state index >= 15 is 0 Å². The van der Waals surface area contributed by atoms with E-state index < -0.39 is 11.9 Å². The molecule has 0 radical (unpaired) electrons. The molecule has 0 atom stereocenters. The van der Waals surface area contributed by atoms with E-state index in [2.05, 4.69) is 0 Å². The second-order valence-electron chi connectivity index (χ2n) is 3.88. The highest BCUT2D eigenvalue weighted by Gasteiger charge is 2.16. The van der Waals surface area contributed by atoms with E-state index in [0.717, 1.165) is 10.9 Å². The van der Waals surface area contributed by atoms with E-state index in [1.165, 1.54) is 19.2 Å². The molecule has 0 bridgehead atoms. The number of aromatic nitrogens is 1. The number of rotatable bonds is 1. The molecule has 90 valence electrons. The predicted molar refractivity (Wildman–Crippen MR) is 60.1 cm³/mol. The first kappa shape index (κ1) is 10.6. The smallest absolute Gasteiger partial charge is 0.308 e. The molecule has 0 fully saturated rings. The van der Waals surface area contributed by atoms with Gasteiger partial charge in [0, 0.05) is 13.0 Å². The minimum Gasteiger partial charge on any atom is -0.540 e. The number of carbonyl (C=O) groups excluding carboxylic acids is 1. The predicted octanol–water partition coefficient (Wildman–Crippen LogP) is 1.17. The number of ether oxygens (including phenoxy) is 1. The van der Waals surface area contributed by atoms with Crippen molar-refractivity contribution in [2.75, 3.05) is 0 Å². The number of carbonyl (C=O) groups is 1. The van der Waals surface area contributed by atoms with Crippen LogP contribution in [0.25, 0.3) is 16.6 Å². The van der Waals surface area contributed by atoms with Crippen LogP contribution in [0.2, 0.25) is 0 Å². The maximum atomic E-state index is 11.3. The molecule has 18 heavy (non-hydrogen) atoms. The number of fused-ring (bicyclic) bond motifs is 3. The van der Waals surface area contributed by atoms with Gasteiger partial charge in [-0.3, -0.25) is 4.79 Å². The Kier molecular flexibility index (Phi) is 2.19. The molecule has 0 amide bonds. The molecule has 2 aromatic heterocycles. The van der Waals surface area contributed by atoms with Crippen molar-refractivity contribution in [3.8, 4) is 11.7 Å². The summed E-state index contributed by atoms with van der Waals surface area (Å²) in [5, 5.41) is 12.0. The molecule has 3 rings (SSSR count). The Morgan fingerprint density at radius 2 is 2.17 bits per heavy atom. The quantitative estimate of drug-likeness (QED) is 0.475. The molecule has 2 heterocycles. The molecule has 0 aliphatic heterocycles. The molecular weight excluding hydrogens is 234 g/mol. The molecule has 1 aromatic carbocycles. The van der Waals surface area contributed by atoms with Crippen molar-refractivity contribution in [3.63, 3.8) is 0 Å². The number of oxazole rings is 1. The molecule has 0 saturated heterocycles. The van der Waals surface area contributed by atoms with Crippen LogP contribution in [0.5, 0.6) is 11.7 Å².